The Bertz CT molecular complexity index is 897. The summed E-state index contributed by atoms with van der Waals surface area (Å²) in [5.74, 6) is -0.237. The number of benzene rings is 3. The molecule has 0 atom stereocenters. The fourth-order valence-corrected chi connectivity index (χ4v) is 3.33. The van der Waals surface area contributed by atoms with E-state index in [0.717, 1.165) is 41.1 Å². The summed E-state index contributed by atoms with van der Waals surface area (Å²) in [7, 11) is 0. The molecule has 3 heteroatoms. The van der Waals surface area contributed by atoms with Crippen molar-refractivity contribution in [3.8, 4) is 0 Å². The Balaban J connectivity index is 2.23. The maximum atomic E-state index is 12.7. The first-order chi connectivity index (χ1) is 12.2. The zero-order chi connectivity index (χ0) is 17.8. The van der Waals surface area contributed by atoms with E-state index < -0.39 is 0 Å². The van der Waals surface area contributed by atoms with Gasteiger partial charge in [0.1, 0.15) is 0 Å². The number of ether oxygens (including phenoxy) is 1. The molecule has 0 aliphatic rings. The molecule has 0 amide bonds. The van der Waals surface area contributed by atoms with Crippen LogP contribution in [0.15, 0.2) is 48.5 Å². The molecule has 0 N–H and O–H groups in total. The number of hydrogen-bond donors (Lipinski definition) is 0. The Morgan fingerprint density at radius 2 is 1.64 bits per heavy atom. The third-order valence-corrected chi connectivity index (χ3v) is 4.62. The Kier molecular flexibility index (Phi) is 5.22. The van der Waals surface area contributed by atoms with Gasteiger partial charge in [0.2, 0.25) is 0 Å². The summed E-state index contributed by atoms with van der Waals surface area (Å²) in [5, 5.41) is 4.05. The molecule has 0 spiro atoms. The molecule has 0 fully saturated rings. The molecule has 0 bridgehead atoms. The molecule has 0 aromatic heterocycles. The van der Waals surface area contributed by atoms with Gasteiger partial charge in [0, 0.05) is 18.8 Å². The zero-order valence-corrected chi connectivity index (χ0v) is 15.2. The SMILES string of the molecule is CCCOC(=O)c1c2ccccc2cc2cc(N(CC)CC)ccc12. The predicted octanol–water partition coefficient (Wildman–Crippen LogP) is 5.41. The lowest BCUT2D eigenvalue weighted by Gasteiger charge is -2.22. The van der Waals surface area contributed by atoms with E-state index in [1.807, 2.05) is 25.1 Å². The van der Waals surface area contributed by atoms with Gasteiger partial charge in [0.15, 0.2) is 0 Å². The average molecular weight is 335 g/mol. The normalized spacial score (nSPS) is 11.0. The van der Waals surface area contributed by atoms with Crippen LogP contribution in [-0.4, -0.2) is 25.7 Å². The van der Waals surface area contributed by atoms with Crippen molar-refractivity contribution < 1.29 is 9.53 Å². The van der Waals surface area contributed by atoms with E-state index in [2.05, 4.69) is 49.1 Å². The van der Waals surface area contributed by atoms with Gasteiger partial charge >= 0.3 is 5.97 Å². The molecule has 3 aromatic rings. The van der Waals surface area contributed by atoms with Gasteiger partial charge in [0.25, 0.3) is 0 Å². The zero-order valence-electron chi connectivity index (χ0n) is 15.2. The standard InChI is InChI=1S/C22H25NO2/c1-4-13-25-22(24)21-19-10-8-7-9-16(19)14-17-15-18(11-12-20(17)21)23(5-2)6-3/h7-12,14-15H,4-6,13H2,1-3H3. The van der Waals surface area contributed by atoms with Crippen molar-refractivity contribution in [2.24, 2.45) is 0 Å². The quantitative estimate of drug-likeness (QED) is 0.446. The van der Waals surface area contributed by atoms with E-state index in [0.29, 0.717) is 12.2 Å². The van der Waals surface area contributed by atoms with Gasteiger partial charge in [0.05, 0.1) is 12.2 Å². The predicted molar refractivity (Wildman–Crippen MR) is 106 cm³/mol. The van der Waals surface area contributed by atoms with Crippen molar-refractivity contribution in [3.63, 3.8) is 0 Å². The molecule has 3 rings (SSSR count). The third-order valence-electron chi connectivity index (χ3n) is 4.62. The number of carbonyl (C=O) groups excluding carboxylic acids is 1. The van der Waals surface area contributed by atoms with Crippen LogP contribution < -0.4 is 4.90 Å². The van der Waals surface area contributed by atoms with Crippen molar-refractivity contribution in [3.05, 3.63) is 54.1 Å². The molecule has 0 aliphatic carbocycles. The summed E-state index contributed by atoms with van der Waals surface area (Å²) in [5.41, 5.74) is 1.85. The van der Waals surface area contributed by atoms with Crippen LogP contribution in [0.2, 0.25) is 0 Å². The molecule has 0 saturated carbocycles. The average Bonchev–Trinajstić information content (AvgIpc) is 2.65. The van der Waals surface area contributed by atoms with E-state index in [1.54, 1.807) is 0 Å². The summed E-state index contributed by atoms with van der Waals surface area (Å²) < 4.78 is 5.46. The molecule has 3 aromatic carbocycles. The minimum absolute atomic E-state index is 0.237. The Labute approximate surface area is 149 Å². The van der Waals surface area contributed by atoms with Crippen LogP contribution in [0.3, 0.4) is 0 Å². The second kappa shape index (κ2) is 7.56. The highest BCUT2D eigenvalue weighted by Crippen LogP contribution is 2.31. The number of hydrogen-bond acceptors (Lipinski definition) is 3. The van der Waals surface area contributed by atoms with Crippen LogP contribution in [0.4, 0.5) is 5.69 Å². The molecule has 130 valence electrons. The van der Waals surface area contributed by atoms with Gasteiger partial charge in [-0.1, -0.05) is 37.3 Å². The summed E-state index contributed by atoms with van der Waals surface area (Å²) in [6.07, 6.45) is 0.820. The minimum Gasteiger partial charge on any atom is -0.462 e. The van der Waals surface area contributed by atoms with Crippen LogP contribution in [0.25, 0.3) is 21.5 Å². The molecule has 0 heterocycles. The van der Waals surface area contributed by atoms with E-state index >= 15 is 0 Å². The fourth-order valence-electron chi connectivity index (χ4n) is 3.33. The number of rotatable bonds is 6. The lowest BCUT2D eigenvalue weighted by Crippen LogP contribution is -2.21. The van der Waals surface area contributed by atoms with Gasteiger partial charge in [-0.15, -0.1) is 0 Å². The van der Waals surface area contributed by atoms with Gasteiger partial charge in [-0.25, -0.2) is 4.79 Å². The van der Waals surface area contributed by atoms with Crippen molar-refractivity contribution in [2.45, 2.75) is 27.2 Å². The topological polar surface area (TPSA) is 29.5 Å². The van der Waals surface area contributed by atoms with E-state index in [4.69, 9.17) is 4.74 Å². The summed E-state index contributed by atoms with van der Waals surface area (Å²) in [4.78, 5) is 15.0. The number of anilines is 1. The molecule has 0 radical (unpaired) electrons. The largest absolute Gasteiger partial charge is 0.462 e. The number of nitrogens with zero attached hydrogens (tertiary/aromatic N) is 1. The first kappa shape index (κ1) is 17.3. The first-order valence-electron chi connectivity index (χ1n) is 9.07. The van der Waals surface area contributed by atoms with Crippen LogP contribution in [0.5, 0.6) is 0 Å². The summed E-state index contributed by atoms with van der Waals surface area (Å²) in [6, 6.07) is 16.5. The molecule has 3 nitrogen and oxygen atoms in total. The molecule has 25 heavy (non-hydrogen) atoms. The number of esters is 1. The molecule has 0 unspecified atom stereocenters. The van der Waals surface area contributed by atoms with E-state index in [9.17, 15) is 4.79 Å². The van der Waals surface area contributed by atoms with E-state index in [-0.39, 0.29) is 5.97 Å². The van der Waals surface area contributed by atoms with Gasteiger partial charge in [-0.2, -0.15) is 0 Å². The molecule has 0 saturated heterocycles. The Morgan fingerprint density at radius 3 is 2.36 bits per heavy atom. The maximum absolute atomic E-state index is 12.7. The number of fused-ring (bicyclic) bond motifs is 2. The second-order valence-corrected chi connectivity index (χ2v) is 6.19. The Morgan fingerprint density at radius 1 is 0.920 bits per heavy atom. The van der Waals surface area contributed by atoms with Gasteiger partial charge < -0.3 is 9.64 Å². The highest BCUT2D eigenvalue weighted by molar-refractivity contribution is 6.16. The summed E-state index contributed by atoms with van der Waals surface area (Å²) in [6.45, 7) is 8.68. The van der Waals surface area contributed by atoms with Crippen molar-refractivity contribution >= 4 is 33.2 Å². The van der Waals surface area contributed by atoms with Crippen LogP contribution in [-0.2, 0) is 4.74 Å². The molecular formula is C22H25NO2. The fraction of sp³-hybridized carbons (Fsp3) is 0.318. The van der Waals surface area contributed by atoms with Crippen molar-refractivity contribution in [1.82, 2.24) is 0 Å². The monoisotopic (exact) mass is 335 g/mol. The van der Waals surface area contributed by atoms with Crippen LogP contribution >= 0.6 is 0 Å². The maximum Gasteiger partial charge on any atom is 0.339 e. The van der Waals surface area contributed by atoms with Crippen molar-refractivity contribution in [2.75, 3.05) is 24.6 Å². The summed E-state index contributed by atoms with van der Waals surface area (Å²) >= 11 is 0. The second-order valence-electron chi connectivity index (χ2n) is 6.19. The van der Waals surface area contributed by atoms with Gasteiger partial charge in [-0.05, 0) is 60.0 Å². The number of carbonyl (C=O) groups is 1. The van der Waals surface area contributed by atoms with E-state index in [1.165, 1.54) is 5.69 Å². The lowest BCUT2D eigenvalue weighted by molar-refractivity contribution is 0.0509. The first-order valence-corrected chi connectivity index (χ1v) is 9.07. The Hall–Kier alpha value is -2.55. The molecule has 0 aliphatic heterocycles. The van der Waals surface area contributed by atoms with Gasteiger partial charge in [-0.3, -0.25) is 0 Å². The minimum atomic E-state index is -0.237. The highest BCUT2D eigenvalue weighted by Gasteiger charge is 2.17. The van der Waals surface area contributed by atoms with Crippen LogP contribution in [0.1, 0.15) is 37.6 Å². The lowest BCUT2D eigenvalue weighted by atomic mass is 9.96. The third kappa shape index (κ3) is 3.32. The van der Waals surface area contributed by atoms with Crippen LogP contribution in [0, 0.1) is 0 Å². The molecular weight excluding hydrogens is 310 g/mol. The highest BCUT2D eigenvalue weighted by atomic mass is 16.5. The smallest absolute Gasteiger partial charge is 0.339 e. The van der Waals surface area contributed by atoms with Crippen molar-refractivity contribution in [1.29, 1.82) is 0 Å².